The molecule has 0 spiro atoms. The third kappa shape index (κ3) is 5.22. The van der Waals surface area contributed by atoms with Crippen molar-refractivity contribution >= 4 is 10.8 Å². The number of rotatable bonds is 8. The average Bonchev–Trinajstić information content (AvgIpc) is 2.35. The van der Waals surface area contributed by atoms with E-state index in [1.165, 1.54) is 12.1 Å². The van der Waals surface area contributed by atoms with Gasteiger partial charge in [-0.05, 0) is 12.1 Å². The Bertz CT molecular complexity index is 389. The maximum atomic E-state index is 13.3. The first-order chi connectivity index (χ1) is 8.65. The highest BCUT2D eigenvalue weighted by atomic mass is 32.2. The highest BCUT2D eigenvalue weighted by molar-refractivity contribution is 7.85. The molecule has 0 fully saturated rings. The fourth-order valence-corrected chi connectivity index (χ4v) is 2.56. The molecule has 0 aliphatic carbocycles. The minimum absolute atomic E-state index is 0.0148. The molecule has 0 heterocycles. The van der Waals surface area contributed by atoms with E-state index in [9.17, 15) is 13.7 Å². The second-order valence-corrected chi connectivity index (χ2v) is 5.26. The fourth-order valence-electron chi connectivity index (χ4n) is 1.40. The molecule has 1 aromatic rings. The Hall–Kier alpha value is -0.820. The number of halogens is 1. The molecule has 2 atom stereocenters. The van der Waals surface area contributed by atoms with Crippen LogP contribution in [0.1, 0.15) is 0 Å². The van der Waals surface area contributed by atoms with Crippen LogP contribution in [-0.2, 0) is 15.5 Å². The Morgan fingerprint density at radius 3 is 2.89 bits per heavy atom. The molecule has 0 aromatic heterocycles. The van der Waals surface area contributed by atoms with Crippen molar-refractivity contribution in [3.8, 4) is 0 Å². The summed E-state index contributed by atoms with van der Waals surface area (Å²) in [4.78, 5) is 0.133. The Labute approximate surface area is 109 Å². The normalized spacial score (nSPS) is 14.4. The van der Waals surface area contributed by atoms with E-state index in [2.05, 4.69) is 5.32 Å². The molecule has 0 bridgehead atoms. The summed E-state index contributed by atoms with van der Waals surface area (Å²) in [5.41, 5.74) is 0. The van der Waals surface area contributed by atoms with Crippen molar-refractivity contribution in [2.45, 2.75) is 11.0 Å². The molecular formula is C12H18FNO3S. The first-order valence-corrected chi connectivity index (χ1v) is 6.97. The molecule has 0 saturated carbocycles. The predicted octanol–water partition coefficient (Wildman–Crippen LogP) is 0.530. The highest BCUT2D eigenvalue weighted by Gasteiger charge is 2.14. The van der Waals surface area contributed by atoms with Crippen molar-refractivity contribution in [2.75, 3.05) is 32.6 Å². The van der Waals surface area contributed by atoms with Gasteiger partial charge >= 0.3 is 0 Å². The van der Waals surface area contributed by atoms with E-state index < -0.39 is 22.7 Å². The molecular weight excluding hydrogens is 257 g/mol. The van der Waals surface area contributed by atoms with Crippen LogP contribution in [0.4, 0.5) is 4.39 Å². The molecule has 2 N–H and O–H groups in total. The maximum absolute atomic E-state index is 13.3. The lowest BCUT2D eigenvalue weighted by molar-refractivity contribution is 0.174. The van der Waals surface area contributed by atoms with Crippen molar-refractivity contribution in [1.29, 1.82) is 0 Å². The van der Waals surface area contributed by atoms with Crippen LogP contribution in [0.25, 0.3) is 0 Å². The van der Waals surface area contributed by atoms with Gasteiger partial charge < -0.3 is 15.2 Å². The van der Waals surface area contributed by atoms with Crippen molar-refractivity contribution in [3.05, 3.63) is 30.1 Å². The summed E-state index contributed by atoms with van der Waals surface area (Å²) in [5, 5.41) is 12.6. The number of ether oxygens (including phenoxy) is 1. The van der Waals surface area contributed by atoms with Crippen LogP contribution in [0.2, 0.25) is 0 Å². The first-order valence-electron chi connectivity index (χ1n) is 5.65. The smallest absolute Gasteiger partial charge is 0.139 e. The Morgan fingerprint density at radius 2 is 2.22 bits per heavy atom. The quantitative estimate of drug-likeness (QED) is 0.680. The molecule has 0 radical (unpaired) electrons. The SMILES string of the molecule is COCCNCC(O)CS(=O)c1ccccc1F. The Balaban J connectivity index is 2.38. The van der Waals surface area contributed by atoms with Crippen molar-refractivity contribution in [1.82, 2.24) is 5.32 Å². The minimum Gasteiger partial charge on any atom is -0.391 e. The van der Waals surface area contributed by atoms with E-state index in [1.54, 1.807) is 19.2 Å². The molecule has 102 valence electrons. The van der Waals surface area contributed by atoms with Gasteiger partial charge in [0.25, 0.3) is 0 Å². The topological polar surface area (TPSA) is 58.6 Å². The van der Waals surface area contributed by atoms with Crippen LogP contribution in [0.3, 0.4) is 0 Å². The molecule has 0 aliphatic heterocycles. The molecule has 18 heavy (non-hydrogen) atoms. The molecule has 0 aliphatic rings. The lowest BCUT2D eigenvalue weighted by Gasteiger charge is -2.11. The second kappa shape index (κ2) is 8.31. The minimum atomic E-state index is -1.53. The fraction of sp³-hybridized carbons (Fsp3) is 0.500. The third-order valence-corrected chi connectivity index (χ3v) is 3.80. The van der Waals surface area contributed by atoms with E-state index in [-0.39, 0.29) is 10.6 Å². The van der Waals surface area contributed by atoms with Gasteiger partial charge in [-0.2, -0.15) is 0 Å². The summed E-state index contributed by atoms with van der Waals surface area (Å²) in [6.45, 7) is 1.46. The van der Waals surface area contributed by atoms with Crippen molar-refractivity contribution < 1.29 is 18.4 Å². The van der Waals surface area contributed by atoms with Crippen LogP contribution in [0.5, 0.6) is 0 Å². The van der Waals surface area contributed by atoms with Crippen LogP contribution >= 0.6 is 0 Å². The Morgan fingerprint density at radius 1 is 1.50 bits per heavy atom. The predicted molar refractivity (Wildman–Crippen MR) is 68.4 cm³/mol. The van der Waals surface area contributed by atoms with Gasteiger partial charge in [0.2, 0.25) is 0 Å². The monoisotopic (exact) mass is 275 g/mol. The maximum Gasteiger partial charge on any atom is 0.139 e. The standard InChI is InChI=1S/C12H18FNO3S/c1-17-7-6-14-8-10(15)9-18(16)12-5-3-2-4-11(12)13/h2-5,10,14-15H,6-9H2,1H3. The van der Waals surface area contributed by atoms with E-state index in [4.69, 9.17) is 4.74 Å². The van der Waals surface area contributed by atoms with Gasteiger partial charge in [0.05, 0.1) is 34.2 Å². The lowest BCUT2D eigenvalue weighted by Crippen LogP contribution is -2.32. The number of aliphatic hydroxyl groups excluding tert-OH is 1. The molecule has 1 aromatic carbocycles. The van der Waals surface area contributed by atoms with Gasteiger partial charge in [0.1, 0.15) is 5.82 Å². The first kappa shape index (κ1) is 15.2. The van der Waals surface area contributed by atoms with Gasteiger partial charge in [-0.25, -0.2) is 4.39 Å². The number of methoxy groups -OCH3 is 1. The van der Waals surface area contributed by atoms with Gasteiger partial charge in [0, 0.05) is 20.2 Å². The van der Waals surface area contributed by atoms with Gasteiger partial charge in [-0.15, -0.1) is 0 Å². The van der Waals surface area contributed by atoms with Crippen molar-refractivity contribution in [3.63, 3.8) is 0 Å². The zero-order chi connectivity index (χ0) is 13.4. The average molecular weight is 275 g/mol. The number of nitrogens with one attached hydrogen (secondary N) is 1. The van der Waals surface area contributed by atoms with Crippen LogP contribution < -0.4 is 5.32 Å². The number of benzene rings is 1. The third-order valence-electron chi connectivity index (χ3n) is 2.29. The van der Waals surface area contributed by atoms with E-state index in [1.807, 2.05) is 0 Å². The lowest BCUT2D eigenvalue weighted by atomic mass is 10.3. The molecule has 6 heteroatoms. The van der Waals surface area contributed by atoms with Crippen LogP contribution in [0, 0.1) is 5.82 Å². The zero-order valence-corrected chi connectivity index (χ0v) is 11.1. The van der Waals surface area contributed by atoms with Gasteiger partial charge in [-0.1, -0.05) is 12.1 Å². The second-order valence-electron chi connectivity index (χ2n) is 3.79. The summed E-state index contributed by atoms with van der Waals surface area (Å²) in [6, 6.07) is 5.89. The largest absolute Gasteiger partial charge is 0.391 e. The number of hydrogen-bond acceptors (Lipinski definition) is 4. The molecule has 2 unspecified atom stereocenters. The van der Waals surface area contributed by atoms with E-state index in [0.29, 0.717) is 19.7 Å². The summed E-state index contributed by atoms with van der Waals surface area (Å²) in [6.07, 6.45) is -0.776. The Kier molecular flexibility index (Phi) is 7.04. The summed E-state index contributed by atoms with van der Waals surface area (Å²) >= 11 is 0. The van der Waals surface area contributed by atoms with E-state index in [0.717, 1.165) is 0 Å². The molecule has 0 amide bonds. The van der Waals surface area contributed by atoms with Gasteiger partial charge in [0.15, 0.2) is 0 Å². The van der Waals surface area contributed by atoms with Crippen molar-refractivity contribution in [2.24, 2.45) is 0 Å². The summed E-state index contributed by atoms with van der Waals surface area (Å²) in [5.74, 6) is -0.489. The highest BCUT2D eigenvalue weighted by Crippen LogP contribution is 2.12. The van der Waals surface area contributed by atoms with E-state index >= 15 is 0 Å². The molecule has 1 rings (SSSR count). The summed E-state index contributed by atoms with van der Waals surface area (Å²) < 4.78 is 30.0. The van der Waals surface area contributed by atoms with Gasteiger partial charge in [-0.3, -0.25) is 4.21 Å². The number of hydrogen-bond donors (Lipinski definition) is 2. The number of aliphatic hydroxyl groups is 1. The zero-order valence-electron chi connectivity index (χ0n) is 10.3. The van der Waals surface area contributed by atoms with Crippen LogP contribution in [-0.4, -0.2) is 48.0 Å². The van der Waals surface area contributed by atoms with Crippen LogP contribution in [0.15, 0.2) is 29.2 Å². The summed E-state index contributed by atoms with van der Waals surface area (Å²) in [7, 11) is 0.0601. The molecule has 0 saturated heterocycles. The molecule has 4 nitrogen and oxygen atoms in total.